The first kappa shape index (κ1) is 16.3. The van der Waals surface area contributed by atoms with Gasteiger partial charge in [0.2, 0.25) is 5.91 Å². The number of hydrogen-bond acceptors (Lipinski definition) is 4. The van der Waals surface area contributed by atoms with E-state index < -0.39 is 0 Å². The fourth-order valence-electron chi connectivity index (χ4n) is 2.53. The monoisotopic (exact) mass is 304 g/mol. The number of rotatable bonds is 4. The lowest BCUT2D eigenvalue weighted by atomic mass is 10.1. The van der Waals surface area contributed by atoms with E-state index in [1.54, 1.807) is 24.3 Å². The van der Waals surface area contributed by atoms with E-state index in [-0.39, 0.29) is 17.9 Å². The molecular weight excluding hydrogens is 280 g/mol. The van der Waals surface area contributed by atoms with E-state index in [0.717, 1.165) is 0 Å². The van der Waals surface area contributed by atoms with Crippen molar-refractivity contribution in [1.82, 2.24) is 15.1 Å². The van der Waals surface area contributed by atoms with Crippen molar-refractivity contribution in [2.45, 2.75) is 19.9 Å². The molecule has 0 aromatic heterocycles. The van der Waals surface area contributed by atoms with Gasteiger partial charge in [-0.1, -0.05) is 6.07 Å². The first-order valence-corrected chi connectivity index (χ1v) is 7.62. The third kappa shape index (κ3) is 4.46. The Hall–Kier alpha value is -2.08. The molecule has 120 valence electrons. The van der Waals surface area contributed by atoms with Crippen LogP contribution in [0.2, 0.25) is 0 Å². The summed E-state index contributed by atoms with van der Waals surface area (Å²) in [5.41, 5.74) is 6.93. The second-order valence-corrected chi connectivity index (χ2v) is 5.92. The van der Waals surface area contributed by atoms with Gasteiger partial charge in [-0.3, -0.25) is 14.5 Å². The summed E-state index contributed by atoms with van der Waals surface area (Å²) in [4.78, 5) is 28.0. The van der Waals surface area contributed by atoms with E-state index >= 15 is 0 Å². The Labute approximate surface area is 131 Å². The highest BCUT2D eigenvalue weighted by Crippen LogP contribution is 2.11. The highest BCUT2D eigenvalue weighted by molar-refractivity contribution is 5.95. The molecule has 2 rings (SSSR count). The number of nitrogens with one attached hydrogen (secondary N) is 1. The predicted molar refractivity (Wildman–Crippen MR) is 86.5 cm³/mol. The summed E-state index contributed by atoms with van der Waals surface area (Å²) in [5, 5.41) is 2.88. The summed E-state index contributed by atoms with van der Waals surface area (Å²) in [5.74, 6) is 0.0317. The minimum Gasteiger partial charge on any atom is -0.399 e. The molecule has 1 fully saturated rings. The van der Waals surface area contributed by atoms with Crippen LogP contribution in [-0.2, 0) is 4.79 Å². The van der Waals surface area contributed by atoms with Crippen LogP contribution in [0.3, 0.4) is 0 Å². The zero-order valence-corrected chi connectivity index (χ0v) is 13.2. The maximum Gasteiger partial charge on any atom is 0.254 e. The number of carbonyl (C=O) groups is 2. The Morgan fingerprint density at radius 2 is 1.91 bits per heavy atom. The summed E-state index contributed by atoms with van der Waals surface area (Å²) in [6.07, 6.45) is 0. The van der Waals surface area contributed by atoms with Crippen molar-refractivity contribution >= 4 is 17.5 Å². The molecule has 6 heteroatoms. The number of anilines is 1. The van der Waals surface area contributed by atoms with Crippen LogP contribution in [0.25, 0.3) is 0 Å². The minimum atomic E-state index is -0.00131. The Morgan fingerprint density at radius 1 is 1.23 bits per heavy atom. The van der Waals surface area contributed by atoms with Gasteiger partial charge in [0.05, 0.1) is 6.54 Å². The summed E-state index contributed by atoms with van der Waals surface area (Å²) < 4.78 is 0. The Kier molecular flexibility index (Phi) is 5.38. The van der Waals surface area contributed by atoms with Crippen LogP contribution in [0.15, 0.2) is 24.3 Å². The van der Waals surface area contributed by atoms with E-state index in [2.05, 4.69) is 10.2 Å². The van der Waals surface area contributed by atoms with Gasteiger partial charge in [-0.2, -0.15) is 0 Å². The second-order valence-electron chi connectivity index (χ2n) is 5.92. The normalized spacial score (nSPS) is 15.9. The highest BCUT2D eigenvalue weighted by Gasteiger charge is 2.23. The van der Waals surface area contributed by atoms with Crippen molar-refractivity contribution < 1.29 is 9.59 Å². The molecule has 0 bridgehead atoms. The lowest BCUT2D eigenvalue weighted by Crippen LogP contribution is -2.51. The van der Waals surface area contributed by atoms with Crippen molar-refractivity contribution in [1.29, 1.82) is 0 Å². The number of carbonyl (C=O) groups excluding carboxylic acids is 2. The molecule has 1 aliphatic rings. The largest absolute Gasteiger partial charge is 0.399 e. The fraction of sp³-hybridized carbons (Fsp3) is 0.500. The van der Waals surface area contributed by atoms with E-state index in [0.29, 0.717) is 44.0 Å². The molecule has 0 aliphatic carbocycles. The molecule has 0 unspecified atom stereocenters. The number of piperazine rings is 1. The van der Waals surface area contributed by atoms with Crippen LogP contribution in [0.4, 0.5) is 5.69 Å². The number of nitrogens with two attached hydrogens (primary N) is 1. The third-order valence-corrected chi connectivity index (χ3v) is 3.61. The molecule has 0 radical (unpaired) electrons. The van der Waals surface area contributed by atoms with Crippen molar-refractivity contribution in [2.24, 2.45) is 0 Å². The number of hydrogen-bond donors (Lipinski definition) is 2. The van der Waals surface area contributed by atoms with E-state index in [1.165, 1.54) is 0 Å². The molecular formula is C16H24N4O2. The van der Waals surface area contributed by atoms with E-state index in [1.807, 2.05) is 18.7 Å². The molecule has 0 spiro atoms. The minimum absolute atomic E-state index is 0.00131. The molecule has 0 atom stereocenters. The third-order valence-electron chi connectivity index (χ3n) is 3.61. The highest BCUT2D eigenvalue weighted by atomic mass is 16.2. The first-order valence-electron chi connectivity index (χ1n) is 7.62. The van der Waals surface area contributed by atoms with Gasteiger partial charge in [0.1, 0.15) is 0 Å². The predicted octanol–water partition coefficient (Wildman–Crippen LogP) is 0.551. The lowest BCUT2D eigenvalue weighted by molar-refractivity contribution is -0.123. The van der Waals surface area contributed by atoms with Gasteiger partial charge in [0.15, 0.2) is 0 Å². The molecule has 6 nitrogen and oxygen atoms in total. The second kappa shape index (κ2) is 7.26. The average Bonchev–Trinajstić information content (AvgIpc) is 2.46. The lowest BCUT2D eigenvalue weighted by Gasteiger charge is -2.34. The maximum atomic E-state index is 12.4. The summed E-state index contributed by atoms with van der Waals surface area (Å²) in [6.45, 7) is 6.95. The van der Waals surface area contributed by atoms with Gasteiger partial charge in [-0.15, -0.1) is 0 Å². The number of amides is 2. The standard InChI is InChI=1S/C16H24N4O2/c1-12(2)18-15(21)11-19-6-8-20(9-7-19)16(22)13-4-3-5-14(17)10-13/h3-5,10,12H,6-9,11,17H2,1-2H3,(H,18,21). The summed E-state index contributed by atoms with van der Waals surface area (Å²) >= 11 is 0. The SMILES string of the molecule is CC(C)NC(=O)CN1CCN(C(=O)c2cccc(N)c2)CC1. The van der Waals surface area contributed by atoms with Gasteiger partial charge in [0.25, 0.3) is 5.91 Å². The van der Waals surface area contributed by atoms with Crippen LogP contribution in [0.1, 0.15) is 24.2 Å². The van der Waals surface area contributed by atoms with Gasteiger partial charge < -0.3 is 16.0 Å². The smallest absolute Gasteiger partial charge is 0.254 e. The van der Waals surface area contributed by atoms with Crippen LogP contribution in [-0.4, -0.2) is 60.4 Å². The van der Waals surface area contributed by atoms with Crippen molar-refractivity contribution in [3.63, 3.8) is 0 Å². The number of nitrogens with zero attached hydrogens (tertiary/aromatic N) is 2. The van der Waals surface area contributed by atoms with Crippen LogP contribution < -0.4 is 11.1 Å². The maximum absolute atomic E-state index is 12.4. The first-order chi connectivity index (χ1) is 10.5. The fourth-order valence-corrected chi connectivity index (χ4v) is 2.53. The zero-order chi connectivity index (χ0) is 16.1. The van der Waals surface area contributed by atoms with Crippen LogP contribution in [0.5, 0.6) is 0 Å². The van der Waals surface area contributed by atoms with E-state index in [4.69, 9.17) is 5.73 Å². The molecule has 1 aliphatic heterocycles. The molecule has 1 saturated heterocycles. The molecule has 1 aromatic carbocycles. The topological polar surface area (TPSA) is 78.7 Å². The molecule has 2 amide bonds. The number of benzene rings is 1. The molecule has 1 heterocycles. The zero-order valence-electron chi connectivity index (χ0n) is 13.2. The molecule has 1 aromatic rings. The Bertz CT molecular complexity index is 537. The molecule has 3 N–H and O–H groups in total. The van der Waals surface area contributed by atoms with Crippen LogP contribution in [0, 0.1) is 0 Å². The average molecular weight is 304 g/mol. The van der Waals surface area contributed by atoms with Gasteiger partial charge in [-0.25, -0.2) is 0 Å². The van der Waals surface area contributed by atoms with Crippen LogP contribution >= 0.6 is 0 Å². The number of nitrogen functional groups attached to an aromatic ring is 1. The molecule has 0 saturated carbocycles. The van der Waals surface area contributed by atoms with Gasteiger partial charge in [-0.05, 0) is 32.0 Å². The van der Waals surface area contributed by atoms with Crippen molar-refractivity contribution in [3.05, 3.63) is 29.8 Å². The van der Waals surface area contributed by atoms with Gasteiger partial charge >= 0.3 is 0 Å². The van der Waals surface area contributed by atoms with E-state index in [9.17, 15) is 9.59 Å². The summed E-state index contributed by atoms with van der Waals surface area (Å²) in [7, 11) is 0. The Balaban J connectivity index is 1.84. The van der Waals surface area contributed by atoms with Gasteiger partial charge in [0, 0.05) is 43.5 Å². The molecule has 22 heavy (non-hydrogen) atoms. The van der Waals surface area contributed by atoms with Crippen molar-refractivity contribution in [3.8, 4) is 0 Å². The Morgan fingerprint density at radius 3 is 2.50 bits per heavy atom. The van der Waals surface area contributed by atoms with Crippen molar-refractivity contribution in [2.75, 3.05) is 38.5 Å². The quantitative estimate of drug-likeness (QED) is 0.796. The summed E-state index contributed by atoms with van der Waals surface area (Å²) in [6, 6.07) is 7.18.